The Morgan fingerprint density at radius 1 is 1.26 bits per heavy atom. The summed E-state index contributed by atoms with van der Waals surface area (Å²) in [5.41, 5.74) is 6.07. The van der Waals surface area contributed by atoms with Crippen molar-refractivity contribution in [3.05, 3.63) is 53.1 Å². The van der Waals surface area contributed by atoms with E-state index in [9.17, 15) is 0 Å². The molecule has 1 aliphatic heterocycles. The quantitative estimate of drug-likeness (QED) is 0.823. The van der Waals surface area contributed by atoms with E-state index in [2.05, 4.69) is 35.9 Å². The number of pyridine rings is 2. The molecule has 0 saturated heterocycles. The van der Waals surface area contributed by atoms with Gasteiger partial charge in [0, 0.05) is 18.4 Å². The van der Waals surface area contributed by atoms with Crippen LogP contribution < -0.4 is 4.90 Å². The molecule has 3 heterocycles. The molecule has 0 aromatic carbocycles. The summed E-state index contributed by atoms with van der Waals surface area (Å²) in [5, 5.41) is 0. The van der Waals surface area contributed by atoms with E-state index < -0.39 is 0 Å². The first kappa shape index (κ1) is 12.2. The zero-order chi connectivity index (χ0) is 13.2. The van der Waals surface area contributed by atoms with E-state index in [1.165, 1.54) is 23.4 Å². The molecule has 3 heteroatoms. The van der Waals surface area contributed by atoms with E-state index in [1.54, 1.807) is 0 Å². The van der Waals surface area contributed by atoms with Crippen LogP contribution in [-0.2, 0) is 13.0 Å². The minimum Gasteiger partial charge on any atom is -0.364 e. The van der Waals surface area contributed by atoms with Crippen LogP contribution in [0.4, 0.5) is 5.69 Å². The lowest BCUT2D eigenvalue weighted by Gasteiger charge is -2.31. The van der Waals surface area contributed by atoms with Crippen molar-refractivity contribution >= 4 is 5.69 Å². The Hall–Kier alpha value is -1.90. The Balaban J connectivity index is 1.92. The van der Waals surface area contributed by atoms with Crippen LogP contribution in [0.25, 0.3) is 0 Å². The molecule has 0 bridgehead atoms. The Morgan fingerprint density at radius 3 is 2.95 bits per heavy atom. The molecule has 0 fully saturated rings. The van der Waals surface area contributed by atoms with Gasteiger partial charge in [0.2, 0.25) is 0 Å². The Bertz CT molecular complexity index is 578. The van der Waals surface area contributed by atoms with Crippen molar-refractivity contribution in [1.29, 1.82) is 0 Å². The number of aryl methyl sites for hydroxylation is 3. The Morgan fingerprint density at radius 2 is 2.16 bits per heavy atom. The van der Waals surface area contributed by atoms with Gasteiger partial charge in [-0.3, -0.25) is 9.97 Å². The Kier molecular flexibility index (Phi) is 3.20. The topological polar surface area (TPSA) is 29.0 Å². The first-order valence-electron chi connectivity index (χ1n) is 6.86. The van der Waals surface area contributed by atoms with Gasteiger partial charge in [0.1, 0.15) is 0 Å². The van der Waals surface area contributed by atoms with Crippen LogP contribution in [0.1, 0.15) is 29.1 Å². The number of nitrogens with zero attached hydrogens (tertiary/aromatic N) is 3. The fourth-order valence-electron chi connectivity index (χ4n) is 2.61. The smallest absolute Gasteiger partial charge is 0.0640 e. The molecule has 0 saturated carbocycles. The highest BCUT2D eigenvalue weighted by atomic mass is 15.2. The fraction of sp³-hybridized carbons (Fsp3) is 0.375. The molecule has 0 unspecified atom stereocenters. The predicted octanol–water partition coefficient (Wildman–Crippen LogP) is 3.05. The fourth-order valence-corrected chi connectivity index (χ4v) is 2.61. The number of rotatable bonds is 2. The van der Waals surface area contributed by atoms with Crippen molar-refractivity contribution in [1.82, 2.24) is 9.97 Å². The van der Waals surface area contributed by atoms with Gasteiger partial charge < -0.3 is 4.90 Å². The zero-order valence-corrected chi connectivity index (χ0v) is 11.6. The molecule has 0 N–H and O–H groups in total. The number of aromatic nitrogens is 2. The maximum Gasteiger partial charge on any atom is 0.0640 e. The summed E-state index contributed by atoms with van der Waals surface area (Å²) in [5.74, 6) is 0. The minimum absolute atomic E-state index is 0.873. The Labute approximate surface area is 114 Å². The van der Waals surface area contributed by atoms with Gasteiger partial charge >= 0.3 is 0 Å². The summed E-state index contributed by atoms with van der Waals surface area (Å²) >= 11 is 0. The van der Waals surface area contributed by atoms with Crippen molar-refractivity contribution in [2.45, 2.75) is 33.2 Å². The molecule has 3 nitrogen and oxygen atoms in total. The summed E-state index contributed by atoms with van der Waals surface area (Å²) in [6, 6.07) is 8.37. The van der Waals surface area contributed by atoms with Gasteiger partial charge in [-0.1, -0.05) is 6.07 Å². The van der Waals surface area contributed by atoms with E-state index in [4.69, 9.17) is 4.98 Å². The van der Waals surface area contributed by atoms with Crippen LogP contribution in [0.5, 0.6) is 0 Å². The summed E-state index contributed by atoms with van der Waals surface area (Å²) in [4.78, 5) is 11.6. The third-order valence-electron chi connectivity index (χ3n) is 3.78. The lowest BCUT2D eigenvalue weighted by atomic mass is 10.0. The van der Waals surface area contributed by atoms with E-state index in [-0.39, 0.29) is 0 Å². The second-order valence-corrected chi connectivity index (χ2v) is 5.20. The number of fused-ring (bicyclic) bond motifs is 1. The van der Waals surface area contributed by atoms with Crippen LogP contribution >= 0.6 is 0 Å². The van der Waals surface area contributed by atoms with E-state index in [1.807, 2.05) is 18.3 Å². The maximum atomic E-state index is 4.74. The first-order valence-corrected chi connectivity index (χ1v) is 6.86. The van der Waals surface area contributed by atoms with Crippen LogP contribution in [-0.4, -0.2) is 16.5 Å². The van der Waals surface area contributed by atoms with E-state index in [0.717, 1.165) is 30.9 Å². The summed E-state index contributed by atoms with van der Waals surface area (Å²) < 4.78 is 0. The molecular weight excluding hydrogens is 234 g/mol. The maximum absolute atomic E-state index is 4.74. The highest BCUT2D eigenvalue weighted by molar-refractivity contribution is 5.55. The SMILES string of the molecule is Cc1cc2c(nc1C)CCCN2Cc1ccccn1. The number of hydrogen-bond donors (Lipinski definition) is 0. The van der Waals surface area contributed by atoms with E-state index in [0.29, 0.717) is 0 Å². The first-order chi connectivity index (χ1) is 9.24. The third kappa shape index (κ3) is 2.46. The number of hydrogen-bond acceptors (Lipinski definition) is 3. The normalized spacial score (nSPS) is 14.3. The molecule has 0 spiro atoms. The van der Waals surface area contributed by atoms with Crippen molar-refractivity contribution in [3.8, 4) is 0 Å². The van der Waals surface area contributed by atoms with Gasteiger partial charge in [-0.15, -0.1) is 0 Å². The van der Waals surface area contributed by atoms with Crippen molar-refractivity contribution in [2.75, 3.05) is 11.4 Å². The minimum atomic E-state index is 0.873. The van der Waals surface area contributed by atoms with Crippen LogP contribution in [0, 0.1) is 13.8 Å². The molecular formula is C16H19N3. The second-order valence-electron chi connectivity index (χ2n) is 5.20. The average molecular weight is 253 g/mol. The third-order valence-corrected chi connectivity index (χ3v) is 3.78. The number of anilines is 1. The molecule has 0 aliphatic carbocycles. The van der Waals surface area contributed by atoms with Crippen molar-refractivity contribution < 1.29 is 0 Å². The largest absolute Gasteiger partial charge is 0.364 e. The standard InChI is InChI=1S/C16H19N3/c1-12-10-16-15(18-13(12)2)7-5-9-19(16)11-14-6-3-4-8-17-14/h3-4,6,8,10H,5,7,9,11H2,1-2H3. The molecule has 98 valence electrons. The average Bonchev–Trinajstić information content (AvgIpc) is 2.42. The van der Waals surface area contributed by atoms with Gasteiger partial charge in [-0.2, -0.15) is 0 Å². The molecule has 3 rings (SSSR count). The molecule has 0 amide bonds. The lowest BCUT2D eigenvalue weighted by Crippen LogP contribution is -2.30. The van der Waals surface area contributed by atoms with Crippen molar-refractivity contribution in [3.63, 3.8) is 0 Å². The zero-order valence-electron chi connectivity index (χ0n) is 11.6. The van der Waals surface area contributed by atoms with Gasteiger partial charge in [-0.05, 0) is 50.5 Å². The van der Waals surface area contributed by atoms with Gasteiger partial charge in [-0.25, -0.2) is 0 Å². The second kappa shape index (κ2) is 5.00. The van der Waals surface area contributed by atoms with E-state index >= 15 is 0 Å². The molecule has 2 aromatic heterocycles. The molecule has 1 aliphatic rings. The monoisotopic (exact) mass is 253 g/mol. The van der Waals surface area contributed by atoms with Crippen molar-refractivity contribution in [2.24, 2.45) is 0 Å². The van der Waals surface area contributed by atoms with Crippen LogP contribution in [0.2, 0.25) is 0 Å². The predicted molar refractivity (Wildman–Crippen MR) is 77.3 cm³/mol. The summed E-state index contributed by atoms with van der Waals surface area (Å²) in [6.07, 6.45) is 4.13. The van der Waals surface area contributed by atoms with Gasteiger partial charge in [0.05, 0.1) is 23.6 Å². The molecule has 2 aromatic rings. The van der Waals surface area contributed by atoms with Gasteiger partial charge in [0.15, 0.2) is 0 Å². The lowest BCUT2D eigenvalue weighted by molar-refractivity contribution is 0.668. The van der Waals surface area contributed by atoms with Gasteiger partial charge in [0.25, 0.3) is 0 Å². The molecule has 0 radical (unpaired) electrons. The summed E-state index contributed by atoms with van der Waals surface area (Å²) in [6.45, 7) is 6.19. The highest BCUT2D eigenvalue weighted by Gasteiger charge is 2.19. The van der Waals surface area contributed by atoms with Crippen LogP contribution in [0.3, 0.4) is 0 Å². The molecule has 0 atom stereocenters. The molecule has 19 heavy (non-hydrogen) atoms. The van der Waals surface area contributed by atoms with Crippen LogP contribution in [0.15, 0.2) is 30.5 Å². The summed E-state index contributed by atoms with van der Waals surface area (Å²) in [7, 11) is 0. The highest BCUT2D eigenvalue weighted by Crippen LogP contribution is 2.28.